The van der Waals surface area contributed by atoms with Crippen molar-refractivity contribution in [2.45, 2.75) is 59.0 Å². The largest absolute Gasteiger partial charge is 0.382 e. The van der Waals surface area contributed by atoms with E-state index < -0.39 is 0 Å². The van der Waals surface area contributed by atoms with Gasteiger partial charge >= 0.3 is 0 Å². The Morgan fingerprint density at radius 2 is 2.00 bits per heavy atom. The normalized spacial score (nSPS) is 17.8. The number of methoxy groups -OCH3 is 1. The van der Waals surface area contributed by atoms with E-state index in [1.807, 2.05) is 0 Å². The van der Waals surface area contributed by atoms with Crippen LogP contribution in [0.4, 0.5) is 0 Å². The molecule has 0 aromatic carbocycles. The average molecular weight is 221 g/mol. The summed E-state index contributed by atoms with van der Waals surface area (Å²) in [6.07, 6.45) is 6.33. The molecular formula is C12H25ClO. The van der Waals surface area contributed by atoms with E-state index in [1.165, 1.54) is 19.3 Å². The molecular weight excluding hydrogens is 196 g/mol. The third-order valence-corrected chi connectivity index (χ3v) is 3.78. The second kappa shape index (κ2) is 7.53. The summed E-state index contributed by atoms with van der Waals surface area (Å²) in [7, 11) is 1.78. The SMILES string of the molecule is CCCCC(CC)(CCl)CC(C)OC. The van der Waals surface area contributed by atoms with Gasteiger partial charge in [-0.2, -0.15) is 0 Å². The van der Waals surface area contributed by atoms with Crippen LogP contribution in [0.15, 0.2) is 0 Å². The Balaban J connectivity index is 4.20. The summed E-state index contributed by atoms with van der Waals surface area (Å²) in [4.78, 5) is 0. The molecule has 0 N–H and O–H groups in total. The molecule has 1 nitrogen and oxygen atoms in total. The summed E-state index contributed by atoms with van der Waals surface area (Å²) in [5.41, 5.74) is 0.299. The standard InChI is InChI=1S/C12H25ClO/c1-5-7-8-12(6-2,10-13)9-11(3)14-4/h11H,5-10H2,1-4H3. The number of ether oxygens (including phenoxy) is 1. The Kier molecular flexibility index (Phi) is 7.66. The number of halogens is 1. The van der Waals surface area contributed by atoms with Crippen molar-refractivity contribution >= 4 is 11.6 Å². The summed E-state index contributed by atoms with van der Waals surface area (Å²) in [6, 6.07) is 0. The zero-order valence-electron chi connectivity index (χ0n) is 10.1. The van der Waals surface area contributed by atoms with Crippen molar-refractivity contribution < 1.29 is 4.74 Å². The zero-order valence-corrected chi connectivity index (χ0v) is 10.9. The lowest BCUT2D eigenvalue weighted by Crippen LogP contribution is -2.27. The summed E-state index contributed by atoms with van der Waals surface area (Å²) < 4.78 is 5.33. The fourth-order valence-corrected chi connectivity index (χ4v) is 2.32. The lowest BCUT2D eigenvalue weighted by molar-refractivity contribution is 0.0651. The Morgan fingerprint density at radius 3 is 2.36 bits per heavy atom. The van der Waals surface area contributed by atoms with Gasteiger partial charge in [0, 0.05) is 13.0 Å². The highest BCUT2D eigenvalue weighted by Gasteiger charge is 2.28. The quantitative estimate of drug-likeness (QED) is 0.556. The van der Waals surface area contributed by atoms with Gasteiger partial charge in [-0.25, -0.2) is 0 Å². The molecule has 86 valence electrons. The van der Waals surface area contributed by atoms with E-state index in [1.54, 1.807) is 7.11 Å². The highest BCUT2D eigenvalue weighted by molar-refractivity contribution is 6.18. The molecule has 0 saturated carbocycles. The fraction of sp³-hybridized carbons (Fsp3) is 1.00. The van der Waals surface area contributed by atoms with Gasteiger partial charge in [0.2, 0.25) is 0 Å². The van der Waals surface area contributed by atoms with Crippen molar-refractivity contribution in [3.05, 3.63) is 0 Å². The second-order valence-corrected chi connectivity index (χ2v) is 4.61. The van der Waals surface area contributed by atoms with Gasteiger partial charge in [-0.3, -0.25) is 0 Å². The lowest BCUT2D eigenvalue weighted by Gasteiger charge is -2.33. The van der Waals surface area contributed by atoms with Gasteiger partial charge in [-0.15, -0.1) is 11.6 Å². The molecule has 0 heterocycles. The van der Waals surface area contributed by atoms with E-state index >= 15 is 0 Å². The Hall–Kier alpha value is 0.250. The molecule has 0 rings (SSSR count). The molecule has 0 aliphatic rings. The fourth-order valence-electron chi connectivity index (χ4n) is 1.88. The van der Waals surface area contributed by atoms with Crippen LogP contribution in [0.3, 0.4) is 0 Å². The maximum Gasteiger partial charge on any atom is 0.0548 e. The van der Waals surface area contributed by atoms with Gasteiger partial charge in [0.1, 0.15) is 0 Å². The number of rotatable bonds is 8. The molecule has 2 atom stereocenters. The van der Waals surface area contributed by atoms with E-state index in [9.17, 15) is 0 Å². The van der Waals surface area contributed by atoms with Crippen LogP contribution in [0.25, 0.3) is 0 Å². The van der Waals surface area contributed by atoms with Crippen LogP contribution in [0.5, 0.6) is 0 Å². The topological polar surface area (TPSA) is 9.23 Å². The summed E-state index contributed by atoms with van der Waals surface area (Å²) >= 11 is 6.11. The predicted octanol–water partition coefficient (Wildman–Crippen LogP) is 4.24. The van der Waals surface area contributed by atoms with Gasteiger partial charge in [0.15, 0.2) is 0 Å². The van der Waals surface area contributed by atoms with Crippen molar-refractivity contribution in [1.82, 2.24) is 0 Å². The summed E-state index contributed by atoms with van der Waals surface area (Å²) in [5, 5.41) is 0. The van der Waals surface area contributed by atoms with Crippen LogP contribution >= 0.6 is 11.6 Å². The average Bonchev–Trinajstić information content (AvgIpc) is 2.24. The highest BCUT2D eigenvalue weighted by atomic mass is 35.5. The third kappa shape index (κ3) is 4.65. The second-order valence-electron chi connectivity index (χ2n) is 4.34. The maximum absolute atomic E-state index is 6.11. The van der Waals surface area contributed by atoms with Gasteiger partial charge < -0.3 is 4.74 Å². The van der Waals surface area contributed by atoms with Crippen LogP contribution in [0.1, 0.15) is 52.9 Å². The first-order chi connectivity index (χ1) is 6.64. The van der Waals surface area contributed by atoms with Crippen LogP contribution < -0.4 is 0 Å². The zero-order chi connectivity index (χ0) is 11.0. The van der Waals surface area contributed by atoms with Crippen LogP contribution in [-0.4, -0.2) is 19.1 Å². The molecule has 0 spiro atoms. The minimum Gasteiger partial charge on any atom is -0.382 e. The van der Waals surface area contributed by atoms with E-state index in [-0.39, 0.29) is 0 Å². The molecule has 0 saturated heterocycles. The van der Waals surface area contributed by atoms with Gasteiger partial charge in [0.25, 0.3) is 0 Å². The van der Waals surface area contributed by atoms with Crippen molar-refractivity contribution in [3.8, 4) is 0 Å². The Labute approximate surface area is 94.2 Å². The van der Waals surface area contributed by atoms with Crippen molar-refractivity contribution in [1.29, 1.82) is 0 Å². The molecule has 0 amide bonds. The Bertz CT molecular complexity index is 132. The van der Waals surface area contributed by atoms with Crippen LogP contribution in [0.2, 0.25) is 0 Å². The molecule has 0 aliphatic carbocycles. The highest BCUT2D eigenvalue weighted by Crippen LogP contribution is 2.35. The number of hydrogen-bond acceptors (Lipinski definition) is 1. The first-order valence-electron chi connectivity index (χ1n) is 5.73. The van der Waals surface area contributed by atoms with Gasteiger partial charge in [0.05, 0.1) is 6.10 Å². The van der Waals surface area contributed by atoms with Crippen molar-refractivity contribution in [2.24, 2.45) is 5.41 Å². The molecule has 2 unspecified atom stereocenters. The van der Waals surface area contributed by atoms with Crippen LogP contribution in [-0.2, 0) is 4.74 Å². The monoisotopic (exact) mass is 220 g/mol. The molecule has 2 heteroatoms. The summed E-state index contributed by atoms with van der Waals surface area (Å²) in [5.74, 6) is 0.761. The number of alkyl halides is 1. The van der Waals surface area contributed by atoms with E-state index in [2.05, 4.69) is 20.8 Å². The maximum atomic E-state index is 6.11. The number of hydrogen-bond donors (Lipinski definition) is 0. The van der Waals surface area contributed by atoms with Gasteiger partial charge in [-0.05, 0) is 31.6 Å². The molecule has 0 aromatic rings. The van der Waals surface area contributed by atoms with E-state index in [0.29, 0.717) is 11.5 Å². The summed E-state index contributed by atoms with van der Waals surface area (Å²) in [6.45, 7) is 6.59. The molecule has 14 heavy (non-hydrogen) atoms. The molecule has 0 aromatic heterocycles. The van der Waals surface area contributed by atoms with Crippen molar-refractivity contribution in [2.75, 3.05) is 13.0 Å². The molecule has 0 fully saturated rings. The van der Waals surface area contributed by atoms with Gasteiger partial charge in [-0.1, -0.05) is 26.7 Å². The van der Waals surface area contributed by atoms with Crippen molar-refractivity contribution in [3.63, 3.8) is 0 Å². The first-order valence-corrected chi connectivity index (χ1v) is 6.26. The molecule has 0 aliphatic heterocycles. The van der Waals surface area contributed by atoms with Crippen LogP contribution in [0, 0.1) is 5.41 Å². The third-order valence-electron chi connectivity index (χ3n) is 3.22. The van der Waals surface area contributed by atoms with E-state index in [4.69, 9.17) is 16.3 Å². The number of unbranched alkanes of at least 4 members (excludes halogenated alkanes) is 1. The predicted molar refractivity (Wildman–Crippen MR) is 64.1 cm³/mol. The first kappa shape index (κ1) is 14.2. The smallest absolute Gasteiger partial charge is 0.0548 e. The Morgan fingerprint density at radius 1 is 1.36 bits per heavy atom. The minimum atomic E-state index is 0.299. The molecule has 0 radical (unpaired) electrons. The minimum absolute atomic E-state index is 0.299. The van der Waals surface area contributed by atoms with E-state index in [0.717, 1.165) is 18.7 Å². The lowest BCUT2D eigenvalue weighted by atomic mass is 9.77. The molecule has 0 bridgehead atoms.